The van der Waals surface area contributed by atoms with Crippen LogP contribution in [0.15, 0.2) is 24.3 Å². The van der Waals surface area contributed by atoms with E-state index in [-0.39, 0.29) is 57.2 Å². The Hall–Kier alpha value is -3.18. The molecule has 3 atom stereocenters. The van der Waals surface area contributed by atoms with E-state index in [9.17, 15) is 24.3 Å². The van der Waals surface area contributed by atoms with E-state index in [1.165, 1.54) is 12.0 Å². The normalized spacial score (nSPS) is 23.4. The Morgan fingerprint density at radius 2 is 1.89 bits per heavy atom. The van der Waals surface area contributed by atoms with E-state index in [0.29, 0.717) is 25.1 Å². The molecule has 11 nitrogen and oxygen atoms in total. The fraction of sp³-hybridized carbons (Fsp3) is 0.630. The lowest BCUT2D eigenvalue weighted by Gasteiger charge is -2.31. The van der Waals surface area contributed by atoms with E-state index in [1.807, 2.05) is 13.8 Å². The Morgan fingerprint density at radius 3 is 2.55 bits per heavy atom. The van der Waals surface area contributed by atoms with Crippen LogP contribution in [0.3, 0.4) is 0 Å². The third-order valence-electron chi connectivity index (χ3n) is 6.79. The molecule has 0 spiro atoms. The van der Waals surface area contributed by atoms with E-state index in [0.717, 1.165) is 12.0 Å². The first kappa shape index (κ1) is 29.4. The molecular formula is C27H40N4O7. The molecule has 210 valence electrons. The van der Waals surface area contributed by atoms with Crippen LogP contribution in [-0.2, 0) is 30.3 Å². The van der Waals surface area contributed by atoms with Gasteiger partial charge in [-0.2, -0.15) is 0 Å². The van der Waals surface area contributed by atoms with Crippen molar-refractivity contribution < 1.29 is 33.8 Å². The Morgan fingerprint density at radius 1 is 1.16 bits per heavy atom. The summed E-state index contributed by atoms with van der Waals surface area (Å²) in [5.74, 6) is -1.03. The number of rotatable bonds is 7. The summed E-state index contributed by atoms with van der Waals surface area (Å²) in [4.78, 5) is 55.9. The summed E-state index contributed by atoms with van der Waals surface area (Å²) in [6, 6.07) is 4.97. The van der Waals surface area contributed by atoms with E-state index < -0.39 is 29.8 Å². The number of benzene rings is 1. The van der Waals surface area contributed by atoms with Crippen molar-refractivity contribution in [3.05, 3.63) is 29.8 Å². The van der Waals surface area contributed by atoms with Crippen LogP contribution < -0.4 is 15.4 Å². The average molecular weight is 533 g/mol. The fourth-order valence-corrected chi connectivity index (χ4v) is 4.85. The van der Waals surface area contributed by atoms with Crippen LogP contribution in [-0.4, -0.2) is 103 Å². The second kappa shape index (κ2) is 14.1. The number of fused-ring (bicyclic) bond motifs is 13. The van der Waals surface area contributed by atoms with Crippen LogP contribution in [0.1, 0.15) is 38.7 Å². The van der Waals surface area contributed by atoms with Crippen LogP contribution in [0.25, 0.3) is 0 Å². The third-order valence-corrected chi connectivity index (χ3v) is 6.79. The fourth-order valence-electron chi connectivity index (χ4n) is 4.85. The summed E-state index contributed by atoms with van der Waals surface area (Å²) in [5.41, 5.74) is 0.789. The highest BCUT2D eigenvalue weighted by Gasteiger charge is 2.35. The SMILES string of the molecule is COCCN1CC(=O)N[C@@H](C(=O)N2CCC[C@H]2CO)Cc2ccc(cc2)OCC(=O)N[C@@H](CC(C)C)C1=O. The quantitative estimate of drug-likeness (QED) is 0.424. The Bertz CT molecular complexity index is 969. The van der Waals surface area contributed by atoms with Gasteiger partial charge in [0.25, 0.3) is 5.91 Å². The van der Waals surface area contributed by atoms with Crippen molar-refractivity contribution in [2.45, 2.75) is 57.7 Å². The van der Waals surface area contributed by atoms with Gasteiger partial charge in [-0.25, -0.2) is 0 Å². The number of hydrogen-bond donors (Lipinski definition) is 3. The number of aliphatic hydroxyl groups excluding tert-OH is 1. The van der Waals surface area contributed by atoms with E-state index in [1.54, 1.807) is 29.2 Å². The van der Waals surface area contributed by atoms with Gasteiger partial charge >= 0.3 is 0 Å². The first-order valence-corrected chi connectivity index (χ1v) is 13.2. The number of hydrogen-bond acceptors (Lipinski definition) is 7. The Labute approximate surface area is 223 Å². The molecule has 0 radical (unpaired) electrons. The molecule has 3 N–H and O–H groups in total. The largest absolute Gasteiger partial charge is 0.484 e. The zero-order valence-electron chi connectivity index (χ0n) is 22.5. The van der Waals surface area contributed by atoms with E-state index in [2.05, 4.69) is 10.6 Å². The standard InChI is InChI=1S/C27H40N4O7/c1-18(2)13-22-26(35)30(11-12-37-3)15-24(33)28-23(27(36)31-10-4-5-20(31)16-32)14-19-6-8-21(9-7-19)38-17-25(34)29-22/h6-9,18,20,22-23,32H,4-5,10-17H2,1-3H3,(H,28,33)(H,29,34)/t20-,22-,23+/m0/s1. The number of amides is 4. The number of ether oxygens (including phenoxy) is 2. The summed E-state index contributed by atoms with van der Waals surface area (Å²) < 4.78 is 10.8. The molecule has 1 fully saturated rings. The topological polar surface area (TPSA) is 138 Å². The maximum atomic E-state index is 13.5. The van der Waals surface area contributed by atoms with Gasteiger partial charge in [0.05, 0.1) is 25.8 Å². The molecule has 0 aromatic heterocycles. The first-order chi connectivity index (χ1) is 18.2. The minimum Gasteiger partial charge on any atom is -0.484 e. The third kappa shape index (κ3) is 8.16. The van der Waals surface area contributed by atoms with Gasteiger partial charge in [0, 0.05) is 26.6 Å². The van der Waals surface area contributed by atoms with Crippen LogP contribution in [0.5, 0.6) is 5.75 Å². The van der Waals surface area contributed by atoms with Gasteiger partial charge in [0.15, 0.2) is 6.61 Å². The monoisotopic (exact) mass is 532 g/mol. The number of methoxy groups -OCH3 is 1. The van der Waals surface area contributed by atoms with Crippen molar-refractivity contribution in [2.75, 3.05) is 46.6 Å². The molecule has 1 aromatic carbocycles. The van der Waals surface area contributed by atoms with Gasteiger partial charge in [-0.05, 0) is 42.9 Å². The highest BCUT2D eigenvalue weighted by atomic mass is 16.5. The molecule has 0 saturated carbocycles. The van der Waals surface area contributed by atoms with E-state index in [4.69, 9.17) is 9.47 Å². The maximum Gasteiger partial charge on any atom is 0.258 e. The Balaban J connectivity index is 1.92. The lowest BCUT2D eigenvalue weighted by Crippen LogP contribution is -2.56. The second-order valence-electron chi connectivity index (χ2n) is 10.3. The number of nitrogens with zero attached hydrogens (tertiary/aromatic N) is 2. The molecule has 11 heteroatoms. The minimum absolute atomic E-state index is 0.100. The van der Waals surface area contributed by atoms with Gasteiger partial charge < -0.3 is 35.0 Å². The number of aliphatic hydroxyl groups is 1. The van der Waals surface area contributed by atoms with Crippen LogP contribution in [0.4, 0.5) is 0 Å². The van der Waals surface area contributed by atoms with Crippen LogP contribution >= 0.6 is 0 Å². The molecule has 2 bridgehead atoms. The molecule has 3 aliphatic heterocycles. The summed E-state index contributed by atoms with van der Waals surface area (Å²) in [5, 5.41) is 15.3. The zero-order chi connectivity index (χ0) is 27.7. The second-order valence-corrected chi connectivity index (χ2v) is 10.3. The summed E-state index contributed by atoms with van der Waals surface area (Å²) in [6.45, 7) is 4.03. The summed E-state index contributed by atoms with van der Waals surface area (Å²) in [7, 11) is 1.50. The molecule has 0 aliphatic carbocycles. The molecule has 1 aromatic rings. The number of carbonyl (C=O) groups is 4. The van der Waals surface area contributed by atoms with E-state index >= 15 is 0 Å². The molecule has 3 aliphatic rings. The molecule has 3 heterocycles. The van der Waals surface area contributed by atoms with Crippen molar-refractivity contribution in [1.29, 1.82) is 0 Å². The molecule has 38 heavy (non-hydrogen) atoms. The van der Waals surface area contributed by atoms with Gasteiger partial charge in [-0.15, -0.1) is 0 Å². The van der Waals surface area contributed by atoms with Gasteiger partial charge in [-0.3, -0.25) is 19.2 Å². The predicted octanol–water partition coefficient (Wildman–Crippen LogP) is 0.0955. The summed E-state index contributed by atoms with van der Waals surface area (Å²) in [6.07, 6.45) is 2.09. The van der Waals surface area contributed by atoms with Crippen molar-refractivity contribution in [2.24, 2.45) is 5.92 Å². The number of carbonyl (C=O) groups excluding carboxylic acids is 4. The molecule has 0 unspecified atom stereocenters. The zero-order valence-corrected chi connectivity index (χ0v) is 22.5. The first-order valence-electron chi connectivity index (χ1n) is 13.2. The molecule has 1 saturated heterocycles. The minimum atomic E-state index is -0.875. The molecule has 4 amide bonds. The predicted molar refractivity (Wildman–Crippen MR) is 139 cm³/mol. The average Bonchev–Trinajstić information content (AvgIpc) is 3.37. The van der Waals surface area contributed by atoms with Gasteiger partial charge in [0.1, 0.15) is 17.8 Å². The Kier molecular flexibility index (Phi) is 10.9. The van der Waals surface area contributed by atoms with Crippen molar-refractivity contribution in [3.8, 4) is 5.75 Å². The maximum absolute atomic E-state index is 13.5. The summed E-state index contributed by atoms with van der Waals surface area (Å²) >= 11 is 0. The van der Waals surface area contributed by atoms with Crippen LogP contribution in [0, 0.1) is 5.92 Å². The lowest BCUT2D eigenvalue weighted by atomic mass is 10.0. The molecular weight excluding hydrogens is 492 g/mol. The van der Waals surface area contributed by atoms with Crippen molar-refractivity contribution in [1.82, 2.24) is 20.4 Å². The lowest BCUT2D eigenvalue weighted by molar-refractivity contribution is -0.142. The number of nitrogens with one attached hydrogen (secondary N) is 2. The van der Waals surface area contributed by atoms with Gasteiger partial charge in [-0.1, -0.05) is 26.0 Å². The smallest absolute Gasteiger partial charge is 0.258 e. The number of likely N-dealkylation sites (tertiary alicyclic amines) is 1. The van der Waals surface area contributed by atoms with Crippen molar-refractivity contribution in [3.63, 3.8) is 0 Å². The molecule has 4 rings (SSSR count). The highest BCUT2D eigenvalue weighted by Crippen LogP contribution is 2.20. The van der Waals surface area contributed by atoms with Crippen LogP contribution in [0.2, 0.25) is 0 Å². The van der Waals surface area contributed by atoms with Crippen molar-refractivity contribution >= 4 is 23.6 Å². The van der Waals surface area contributed by atoms with Gasteiger partial charge in [0.2, 0.25) is 17.7 Å². The highest BCUT2D eigenvalue weighted by molar-refractivity contribution is 5.93.